The van der Waals surface area contributed by atoms with Crippen LogP contribution in [0.2, 0.25) is 0 Å². The molecule has 2 rings (SSSR count). The lowest BCUT2D eigenvalue weighted by Gasteiger charge is -2.22. The average Bonchev–Trinajstić information content (AvgIpc) is 2.49. The number of amides is 1. The summed E-state index contributed by atoms with van der Waals surface area (Å²) in [6.07, 6.45) is 0. The molecule has 6 heteroatoms. The van der Waals surface area contributed by atoms with Crippen LogP contribution >= 0.6 is 0 Å². The Morgan fingerprint density at radius 3 is 2.41 bits per heavy atom. The van der Waals surface area contributed by atoms with Gasteiger partial charge in [-0.15, -0.1) is 0 Å². The summed E-state index contributed by atoms with van der Waals surface area (Å²) >= 11 is 0. The molecule has 0 saturated carbocycles. The monoisotopic (exact) mass is 302 g/mol. The number of nitro benzene ring substituents is 1. The number of hydrogen-bond acceptors (Lipinski definition) is 3. The molecule has 0 heterocycles. The van der Waals surface area contributed by atoms with Crippen molar-refractivity contribution in [2.45, 2.75) is 13.8 Å². The molecule has 2 aromatic carbocycles. The van der Waals surface area contributed by atoms with E-state index in [0.29, 0.717) is 17.8 Å². The third-order valence-corrected chi connectivity index (χ3v) is 3.43. The van der Waals surface area contributed by atoms with Gasteiger partial charge in [0.1, 0.15) is 5.82 Å². The fraction of sp³-hybridized carbons (Fsp3) is 0.188. The first kappa shape index (κ1) is 15.6. The molecular weight excluding hydrogens is 287 g/mol. The maximum atomic E-state index is 13.0. The summed E-state index contributed by atoms with van der Waals surface area (Å²) in [4.78, 5) is 24.6. The standard InChI is InChI=1S/C16H15FN2O3/c1-3-18(13-9-7-12(17)8-10-13)16(20)14-5-4-6-15(11(14)2)19(21)22/h4-10H,3H2,1-2H3. The van der Waals surface area contributed by atoms with E-state index in [4.69, 9.17) is 0 Å². The highest BCUT2D eigenvalue weighted by atomic mass is 19.1. The van der Waals surface area contributed by atoms with Crippen molar-refractivity contribution in [3.05, 3.63) is 69.5 Å². The zero-order chi connectivity index (χ0) is 16.3. The Balaban J connectivity index is 2.43. The molecule has 114 valence electrons. The molecule has 0 saturated heterocycles. The summed E-state index contributed by atoms with van der Waals surface area (Å²) < 4.78 is 13.0. The molecule has 0 bridgehead atoms. The van der Waals surface area contributed by atoms with Crippen LogP contribution in [0.25, 0.3) is 0 Å². The van der Waals surface area contributed by atoms with E-state index in [2.05, 4.69) is 0 Å². The van der Waals surface area contributed by atoms with Gasteiger partial charge in [0.2, 0.25) is 0 Å². The number of rotatable bonds is 4. The van der Waals surface area contributed by atoms with Crippen molar-refractivity contribution in [2.24, 2.45) is 0 Å². The second kappa shape index (κ2) is 6.34. The highest BCUT2D eigenvalue weighted by Gasteiger charge is 2.22. The average molecular weight is 302 g/mol. The summed E-state index contributed by atoms with van der Waals surface area (Å²) in [5, 5.41) is 11.0. The number of anilines is 1. The Hall–Kier alpha value is -2.76. The third-order valence-electron chi connectivity index (χ3n) is 3.43. The SMILES string of the molecule is CCN(C(=O)c1cccc([N+](=O)[O-])c1C)c1ccc(F)cc1. The lowest BCUT2D eigenvalue weighted by atomic mass is 10.1. The van der Waals surface area contributed by atoms with Crippen molar-refractivity contribution in [2.75, 3.05) is 11.4 Å². The lowest BCUT2D eigenvalue weighted by Crippen LogP contribution is -2.31. The summed E-state index contributed by atoms with van der Waals surface area (Å²) in [7, 11) is 0. The van der Waals surface area contributed by atoms with Crippen molar-refractivity contribution in [3.63, 3.8) is 0 Å². The van der Waals surface area contributed by atoms with Crippen molar-refractivity contribution in [1.29, 1.82) is 0 Å². The minimum atomic E-state index is -0.514. The van der Waals surface area contributed by atoms with Crippen LogP contribution in [0.4, 0.5) is 15.8 Å². The summed E-state index contributed by atoms with van der Waals surface area (Å²) in [5.41, 5.74) is 1.03. The number of nitro groups is 1. The van der Waals surface area contributed by atoms with Crippen LogP contribution in [-0.4, -0.2) is 17.4 Å². The summed E-state index contributed by atoms with van der Waals surface area (Å²) in [6.45, 7) is 3.70. The Morgan fingerprint density at radius 1 is 1.23 bits per heavy atom. The number of nitrogens with zero attached hydrogens (tertiary/aromatic N) is 2. The maximum Gasteiger partial charge on any atom is 0.273 e. The second-order valence-corrected chi connectivity index (χ2v) is 4.73. The molecule has 0 aromatic heterocycles. The van der Waals surface area contributed by atoms with E-state index in [-0.39, 0.29) is 17.2 Å². The van der Waals surface area contributed by atoms with Crippen LogP contribution < -0.4 is 4.90 Å². The van der Waals surface area contributed by atoms with Crippen molar-refractivity contribution in [3.8, 4) is 0 Å². The molecule has 2 aromatic rings. The molecule has 0 aliphatic rings. The number of carbonyl (C=O) groups is 1. The molecule has 22 heavy (non-hydrogen) atoms. The number of hydrogen-bond donors (Lipinski definition) is 0. The normalized spacial score (nSPS) is 10.3. The highest BCUT2D eigenvalue weighted by molar-refractivity contribution is 6.07. The van der Waals surface area contributed by atoms with E-state index in [9.17, 15) is 19.3 Å². The third kappa shape index (κ3) is 2.95. The fourth-order valence-electron chi connectivity index (χ4n) is 2.26. The molecule has 0 aliphatic heterocycles. The van der Waals surface area contributed by atoms with Crippen LogP contribution in [0.5, 0.6) is 0 Å². The van der Waals surface area contributed by atoms with Crippen LogP contribution in [0.3, 0.4) is 0 Å². The molecular formula is C16H15FN2O3. The van der Waals surface area contributed by atoms with Crippen molar-refractivity contribution >= 4 is 17.3 Å². The molecule has 1 amide bonds. The van der Waals surface area contributed by atoms with Gasteiger partial charge in [-0.05, 0) is 44.2 Å². The van der Waals surface area contributed by atoms with Gasteiger partial charge in [-0.2, -0.15) is 0 Å². The smallest absolute Gasteiger partial charge is 0.273 e. The van der Waals surface area contributed by atoms with Gasteiger partial charge >= 0.3 is 0 Å². The number of carbonyl (C=O) groups excluding carboxylic acids is 1. The van der Waals surface area contributed by atoms with Gasteiger partial charge < -0.3 is 4.90 Å². The fourth-order valence-corrected chi connectivity index (χ4v) is 2.26. The first-order chi connectivity index (χ1) is 10.5. The first-order valence-corrected chi connectivity index (χ1v) is 6.77. The molecule has 0 fully saturated rings. The largest absolute Gasteiger partial charge is 0.309 e. The molecule has 0 spiro atoms. The van der Waals surface area contributed by atoms with Crippen LogP contribution in [0, 0.1) is 22.9 Å². The van der Waals surface area contributed by atoms with E-state index < -0.39 is 10.7 Å². The van der Waals surface area contributed by atoms with Crippen molar-refractivity contribution in [1.82, 2.24) is 0 Å². The molecule has 0 atom stereocenters. The Kier molecular flexibility index (Phi) is 4.50. The van der Waals surface area contributed by atoms with E-state index in [1.165, 1.54) is 41.3 Å². The summed E-state index contributed by atoms with van der Waals surface area (Å²) in [6, 6.07) is 9.94. The molecule has 0 unspecified atom stereocenters. The van der Waals surface area contributed by atoms with Crippen LogP contribution in [0.15, 0.2) is 42.5 Å². The minimum absolute atomic E-state index is 0.0963. The Labute approximate surface area is 127 Å². The van der Waals surface area contributed by atoms with Crippen LogP contribution in [0.1, 0.15) is 22.8 Å². The highest BCUT2D eigenvalue weighted by Crippen LogP contribution is 2.24. The number of benzene rings is 2. The van der Waals surface area contributed by atoms with Gasteiger partial charge in [0, 0.05) is 29.4 Å². The van der Waals surface area contributed by atoms with Gasteiger partial charge in [-0.25, -0.2) is 4.39 Å². The van der Waals surface area contributed by atoms with Gasteiger partial charge in [-0.1, -0.05) is 6.07 Å². The van der Waals surface area contributed by atoms with E-state index in [0.717, 1.165) is 0 Å². The van der Waals surface area contributed by atoms with Crippen LogP contribution in [-0.2, 0) is 0 Å². The first-order valence-electron chi connectivity index (χ1n) is 6.77. The van der Waals surface area contributed by atoms with Crippen molar-refractivity contribution < 1.29 is 14.1 Å². The predicted molar refractivity (Wildman–Crippen MR) is 81.6 cm³/mol. The predicted octanol–water partition coefficient (Wildman–Crippen LogP) is 3.71. The van der Waals surface area contributed by atoms with Gasteiger partial charge in [0.05, 0.1) is 4.92 Å². The van der Waals surface area contributed by atoms with Gasteiger partial charge in [0.15, 0.2) is 0 Å². The van der Waals surface area contributed by atoms with E-state index in [1.54, 1.807) is 19.9 Å². The quantitative estimate of drug-likeness (QED) is 0.639. The molecule has 0 N–H and O–H groups in total. The topological polar surface area (TPSA) is 63.5 Å². The van der Waals surface area contributed by atoms with E-state index in [1.807, 2.05) is 0 Å². The Bertz CT molecular complexity index is 714. The van der Waals surface area contributed by atoms with E-state index >= 15 is 0 Å². The zero-order valence-electron chi connectivity index (χ0n) is 12.2. The second-order valence-electron chi connectivity index (χ2n) is 4.73. The van der Waals surface area contributed by atoms with Gasteiger partial charge in [-0.3, -0.25) is 14.9 Å². The zero-order valence-corrected chi connectivity index (χ0v) is 12.2. The molecule has 0 aliphatic carbocycles. The molecule has 5 nitrogen and oxygen atoms in total. The Morgan fingerprint density at radius 2 is 1.86 bits per heavy atom. The number of halogens is 1. The maximum absolute atomic E-state index is 13.0. The molecule has 0 radical (unpaired) electrons. The van der Waals surface area contributed by atoms with Gasteiger partial charge in [0.25, 0.3) is 11.6 Å². The minimum Gasteiger partial charge on any atom is -0.309 e. The summed E-state index contributed by atoms with van der Waals surface area (Å²) in [5.74, 6) is -0.742. The lowest BCUT2D eigenvalue weighted by molar-refractivity contribution is -0.385.